The van der Waals surface area contributed by atoms with E-state index in [1.807, 2.05) is 0 Å². The van der Waals surface area contributed by atoms with E-state index in [0.717, 1.165) is 0 Å². The number of hydrogen-bond acceptors (Lipinski definition) is 0. The molecule has 0 aliphatic rings. The van der Waals surface area contributed by atoms with E-state index in [2.05, 4.69) is 0 Å². The fourth-order valence-electron chi connectivity index (χ4n) is 0.181. The van der Waals surface area contributed by atoms with E-state index in [-0.39, 0.29) is 5.88 Å². The molecule has 0 rings (SSSR count). The lowest BCUT2D eigenvalue weighted by Gasteiger charge is -1.90. The third-order valence-corrected chi connectivity index (χ3v) is 1.37. The molecule has 0 N–H and O–H groups in total. The van der Waals surface area contributed by atoms with Gasteiger partial charge in [0.05, 0.1) is 5.88 Å². The van der Waals surface area contributed by atoms with Crippen molar-refractivity contribution >= 4 is 46.4 Å². The molecule has 0 fully saturated rings. The Morgan fingerprint density at radius 2 is 2.00 bits per heavy atom. The molecule has 48 valence electrons. The van der Waals surface area contributed by atoms with Crippen molar-refractivity contribution in [3.63, 3.8) is 0 Å². The van der Waals surface area contributed by atoms with Gasteiger partial charge < -0.3 is 0 Å². The van der Waals surface area contributed by atoms with Crippen LogP contribution in [0.1, 0.15) is 0 Å². The average Bonchev–Trinajstić information content (AvgIpc) is 1.65. The van der Waals surface area contributed by atoms with Gasteiger partial charge in [-0.2, -0.15) is 0 Å². The molecule has 0 unspecified atom stereocenters. The van der Waals surface area contributed by atoms with Gasteiger partial charge in [0.1, 0.15) is 4.84 Å². The molecular formula is C4H4Cl4. The number of alkyl halides is 3. The smallest absolute Gasteiger partial charge is 0.121 e. The molecule has 0 amide bonds. The zero-order chi connectivity index (χ0) is 6.57. The Kier molecular flexibility index (Phi) is 5.28. The van der Waals surface area contributed by atoms with Gasteiger partial charge in [0, 0.05) is 5.03 Å². The van der Waals surface area contributed by atoms with Gasteiger partial charge in [-0.15, -0.1) is 34.8 Å². The largest absolute Gasteiger partial charge is 0.127 e. The highest BCUT2D eigenvalue weighted by Gasteiger charge is 1.93. The maximum absolute atomic E-state index is 5.42. The second-order valence-electron chi connectivity index (χ2n) is 1.08. The zero-order valence-corrected chi connectivity index (χ0v) is 6.90. The summed E-state index contributed by atoms with van der Waals surface area (Å²) in [7, 11) is 0. The SMILES string of the molecule is ClCC(Cl)=CC(Cl)Cl. The van der Waals surface area contributed by atoms with Crippen molar-refractivity contribution in [3.8, 4) is 0 Å². The van der Waals surface area contributed by atoms with Crippen LogP contribution in [0.25, 0.3) is 0 Å². The fraction of sp³-hybridized carbons (Fsp3) is 0.500. The molecule has 0 nitrogen and oxygen atoms in total. The third kappa shape index (κ3) is 5.04. The Morgan fingerprint density at radius 1 is 1.50 bits per heavy atom. The number of rotatable bonds is 2. The van der Waals surface area contributed by atoms with Gasteiger partial charge in [-0.1, -0.05) is 11.6 Å². The predicted molar refractivity (Wildman–Crippen MR) is 40.2 cm³/mol. The van der Waals surface area contributed by atoms with Crippen LogP contribution in [0.3, 0.4) is 0 Å². The summed E-state index contributed by atoms with van der Waals surface area (Å²) in [6.07, 6.45) is 1.47. The van der Waals surface area contributed by atoms with Crippen LogP contribution < -0.4 is 0 Å². The first-order valence-corrected chi connectivity index (χ1v) is 3.65. The summed E-state index contributed by atoms with van der Waals surface area (Å²) in [5.41, 5.74) is 0. The predicted octanol–water partition coefficient (Wildman–Crippen LogP) is 3.15. The molecule has 8 heavy (non-hydrogen) atoms. The van der Waals surface area contributed by atoms with Gasteiger partial charge in [0.25, 0.3) is 0 Å². The van der Waals surface area contributed by atoms with Crippen molar-refractivity contribution in [1.29, 1.82) is 0 Å². The molecule has 0 saturated heterocycles. The number of hydrogen-bond donors (Lipinski definition) is 0. The van der Waals surface area contributed by atoms with Crippen molar-refractivity contribution in [2.24, 2.45) is 0 Å². The first-order chi connectivity index (χ1) is 3.66. The Balaban J connectivity index is 3.56. The molecule has 0 spiro atoms. The van der Waals surface area contributed by atoms with Crippen LogP contribution in [-0.2, 0) is 0 Å². The van der Waals surface area contributed by atoms with E-state index in [4.69, 9.17) is 46.4 Å². The van der Waals surface area contributed by atoms with Crippen molar-refractivity contribution in [2.45, 2.75) is 4.84 Å². The van der Waals surface area contributed by atoms with E-state index >= 15 is 0 Å². The Morgan fingerprint density at radius 3 is 2.12 bits per heavy atom. The Hall–Kier alpha value is 0.900. The summed E-state index contributed by atoms with van der Waals surface area (Å²) in [6.45, 7) is 0. The van der Waals surface area contributed by atoms with Crippen LogP contribution in [0.15, 0.2) is 11.1 Å². The molecule has 0 atom stereocenters. The highest BCUT2D eigenvalue weighted by atomic mass is 35.5. The van der Waals surface area contributed by atoms with E-state index in [9.17, 15) is 0 Å². The van der Waals surface area contributed by atoms with E-state index in [1.165, 1.54) is 6.08 Å². The van der Waals surface area contributed by atoms with Gasteiger partial charge in [0.2, 0.25) is 0 Å². The van der Waals surface area contributed by atoms with Gasteiger partial charge in [-0.3, -0.25) is 0 Å². The minimum Gasteiger partial charge on any atom is -0.121 e. The lowest BCUT2D eigenvalue weighted by atomic mass is 10.6. The fourth-order valence-corrected chi connectivity index (χ4v) is 0.829. The van der Waals surface area contributed by atoms with Crippen molar-refractivity contribution in [3.05, 3.63) is 11.1 Å². The maximum Gasteiger partial charge on any atom is 0.127 e. The minimum atomic E-state index is -0.554. The Bertz CT molecular complexity index is 86.0. The minimum absolute atomic E-state index is 0.261. The molecule has 0 heterocycles. The summed E-state index contributed by atoms with van der Waals surface area (Å²) in [5, 5.41) is 0.474. The highest BCUT2D eigenvalue weighted by Crippen LogP contribution is 2.11. The molecular weight excluding hydrogens is 190 g/mol. The van der Waals surface area contributed by atoms with E-state index in [0.29, 0.717) is 5.03 Å². The van der Waals surface area contributed by atoms with Crippen LogP contribution in [-0.4, -0.2) is 10.7 Å². The first kappa shape index (κ1) is 8.90. The van der Waals surface area contributed by atoms with Crippen molar-refractivity contribution in [1.82, 2.24) is 0 Å². The second kappa shape index (κ2) is 4.75. The maximum atomic E-state index is 5.42. The van der Waals surface area contributed by atoms with Crippen LogP contribution >= 0.6 is 46.4 Å². The van der Waals surface area contributed by atoms with Crippen molar-refractivity contribution in [2.75, 3.05) is 5.88 Å². The van der Waals surface area contributed by atoms with E-state index < -0.39 is 4.84 Å². The normalized spacial score (nSPS) is 12.9. The van der Waals surface area contributed by atoms with Crippen LogP contribution in [0.4, 0.5) is 0 Å². The monoisotopic (exact) mass is 192 g/mol. The molecule has 0 aromatic carbocycles. The van der Waals surface area contributed by atoms with Crippen LogP contribution in [0, 0.1) is 0 Å². The van der Waals surface area contributed by atoms with Gasteiger partial charge in [-0.05, 0) is 6.08 Å². The van der Waals surface area contributed by atoms with Gasteiger partial charge >= 0.3 is 0 Å². The summed E-state index contributed by atoms with van der Waals surface area (Å²) in [6, 6.07) is 0. The molecule has 0 bridgehead atoms. The van der Waals surface area contributed by atoms with Gasteiger partial charge in [-0.25, -0.2) is 0 Å². The average molecular weight is 194 g/mol. The summed E-state index contributed by atoms with van der Waals surface area (Å²) < 4.78 is 0. The van der Waals surface area contributed by atoms with E-state index in [1.54, 1.807) is 0 Å². The standard InChI is InChI=1S/C4H4Cl4/c5-2-3(6)1-4(7)8/h1,4H,2H2. The molecule has 0 aliphatic carbocycles. The lowest BCUT2D eigenvalue weighted by Crippen LogP contribution is -1.80. The third-order valence-electron chi connectivity index (χ3n) is 0.434. The molecule has 0 aliphatic heterocycles. The first-order valence-electron chi connectivity index (χ1n) is 1.87. The summed E-state index contributed by atoms with van der Waals surface area (Å²) in [4.78, 5) is -0.554. The van der Waals surface area contributed by atoms with Crippen LogP contribution in [0.5, 0.6) is 0 Å². The van der Waals surface area contributed by atoms with Crippen molar-refractivity contribution < 1.29 is 0 Å². The summed E-state index contributed by atoms with van der Waals surface area (Å²) >= 11 is 21.3. The lowest BCUT2D eigenvalue weighted by molar-refractivity contribution is 1.52. The van der Waals surface area contributed by atoms with Crippen LogP contribution in [0.2, 0.25) is 0 Å². The quantitative estimate of drug-likeness (QED) is 0.592. The molecule has 0 aromatic heterocycles. The second-order valence-corrected chi connectivity index (χ2v) is 3.00. The molecule has 0 radical (unpaired) electrons. The Labute approximate surface area is 68.4 Å². The topological polar surface area (TPSA) is 0 Å². The number of halogens is 4. The molecule has 0 aromatic rings. The highest BCUT2D eigenvalue weighted by molar-refractivity contribution is 6.46. The molecule has 0 saturated carbocycles. The number of allylic oxidation sites excluding steroid dienone is 2. The van der Waals surface area contributed by atoms with Gasteiger partial charge in [0.15, 0.2) is 0 Å². The summed E-state index contributed by atoms with van der Waals surface area (Å²) in [5.74, 6) is 0.261. The zero-order valence-electron chi connectivity index (χ0n) is 3.87. The molecule has 4 heteroatoms.